The molecule has 1 atom stereocenters. The molecular formula is C20H21N3O2. The van der Waals surface area contributed by atoms with Crippen molar-refractivity contribution in [1.29, 1.82) is 0 Å². The Bertz CT molecular complexity index is 832. The maximum atomic E-state index is 6.09. The van der Waals surface area contributed by atoms with Gasteiger partial charge in [0.1, 0.15) is 12.4 Å². The normalized spacial score (nSPS) is 17.7. The lowest BCUT2D eigenvalue weighted by Gasteiger charge is -2.20. The fraction of sp³-hybridized carbons (Fsp3) is 0.300. The molecule has 5 heteroatoms. The highest BCUT2D eigenvalue weighted by molar-refractivity contribution is 5.65. The Hall–Kier alpha value is -2.66. The summed E-state index contributed by atoms with van der Waals surface area (Å²) in [6.45, 7) is 1.81. The van der Waals surface area contributed by atoms with Crippen LogP contribution in [0, 0.1) is 0 Å². The number of hydrogen-bond donors (Lipinski definition) is 0. The highest BCUT2D eigenvalue weighted by Gasteiger charge is 2.22. The molecule has 1 aliphatic rings. The van der Waals surface area contributed by atoms with E-state index in [1.54, 1.807) is 0 Å². The summed E-state index contributed by atoms with van der Waals surface area (Å²) >= 11 is 0. The lowest BCUT2D eigenvalue weighted by Crippen LogP contribution is -2.30. The van der Waals surface area contributed by atoms with Crippen molar-refractivity contribution in [2.24, 2.45) is 0 Å². The van der Waals surface area contributed by atoms with E-state index in [2.05, 4.69) is 22.1 Å². The number of aromatic nitrogens is 2. The lowest BCUT2D eigenvalue weighted by atomic mass is 10.2. The second kappa shape index (κ2) is 7.07. The summed E-state index contributed by atoms with van der Waals surface area (Å²) in [5, 5.41) is 4.10. The zero-order valence-corrected chi connectivity index (χ0v) is 14.3. The molecule has 5 nitrogen and oxygen atoms in total. The summed E-state index contributed by atoms with van der Waals surface area (Å²) in [5.41, 5.74) is 1.77. The molecule has 128 valence electrons. The Labute approximate surface area is 147 Å². The molecule has 0 saturated carbocycles. The third-order valence-corrected chi connectivity index (χ3v) is 4.68. The van der Waals surface area contributed by atoms with Crippen LogP contribution in [0.5, 0.6) is 5.75 Å². The molecular weight excluding hydrogens is 314 g/mol. The van der Waals surface area contributed by atoms with E-state index in [0.29, 0.717) is 24.4 Å². The second-order valence-electron chi connectivity index (χ2n) is 6.37. The first-order chi connectivity index (χ1) is 12.3. The summed E-state index contributed by atoms with van der Waals surface area (Å²) < 4.78 is 11.6. The molecule has 1 aromatic heterocycles. The Morgan fingerprint density at radius 1 is 1.12 bits per heavy atom. The number of likely N-dealkylation sites (N-methyl/N-ethyl adjacent to an activating group) is 1. The van der Waals surface area contributed by atoms with Gasteiger partial charge in [-0.15, -0.1) is 0 Å². The first-order valence-electron chi connectivity index (χ1n) is 8.63. The van der Waals surface area contributed by atoms with Crippen LogP contribution in [-0.4, -0.2) is 41.3 Å². The van der Waals surface area contributed by atoms with Gasteiger partial charge in [-0.1, -0.05) is 47.6 Å². The molecule has 2 heterocycles. The third kappa shape index (κ3) is 3.42. The van der Waals surface area contributed by atoms with Gasteiger partial charge in [0.05, 0.1) is 5.56 Å². The quantitative estimate of drug-likeness (QED) is 0.708. The standard InChI is InChI=1S/C20H21N3O2/c1-23-13-7-10-16(23)14-24-18-12-6-5-11-17(18)20-21-19(22-25-20)15-8-3-2-4-9-15/h2-6,8-9,11-12,16H,7,10,13-14H2,1H3. The van der Waals surface area contributed by atoms with Gasteiger partial charge >= 0.3 is 0 Å². The topological polar surface area (TPSA) is 51.4 Å². The summed E-state index contributed by atoms with van der Waals surface area (Å²) in [5.74, 6) is 1.85. The second-order valence-corrected chi connectivity index (χ2v) is 6.37. The van der Waals surface area contributed by atoms with Crippen molar-refractivity contribution in [3.8, 4) is 28.6 Å². The van der Waals surface area contributed by atoms with E-state index < -0.39 is 0 Å². The zero-order chi connectivity index (χ0) is 17.1. The highest BCUT2D eigenvalue weighted by atomic mass is 16.5. The van der Waals surface area contributed by atoms with Crippen LogP contribution >= 0.6 is 0 Å². The van der Waals surface area contributed by atoms with Gasteiger partial charge in [-0.05, 0) is 38.6 Å². The zero-order valence-electron chi connectivity index (χ0n) is 14.3. The van der Waals surface area contributed by atoms with Crippen LogP contribution < -0.4 is 4.74 Å². The van der Waals surface area contributed by atoms with Gasteiger partial charge in [0.25, 0.3) is 5.89 Å². The monoisotopic (exact) mass is 335 g/mol. The molecule has 0 spiro atoms. The maximum Gasteiger partial charge on any atom is 0.262 e. The van der Waals surface area contributed by atoms with Crippen LogP contribution in [0.1, 0.15) is 12.8 Å². The number of para-hydroxylation sites is 1. The number of nitrogens with zero attached hydrogens (tertiary/aromatic N) is 3. The number of benzene rings is 2. The van der Waals surface area contributed by atoms with E-state index in [9.17, 15) is 0 Å². The third-order valence-electron chi connectivity index (χ3n) is 4.68. The van der Waals surface area contributed by atoms with Crippen molar-refractivity contribution in [2.45, 2.75) is 18.9 Å². The van der Waals surface area contributed by atoms with Crippen LogP contribution in [0.4, 0.5) is 0 Å². The average molecular weight is 335 g/mol. The summed E-state index contributed by atoms with van der Waals surface area (Å²) in [6.07, 6.45) is 2.41. The summed E-state index contributed by atoms with van der Waals surface area (Å²) in [7, 11) is 2.15. The van der Waals surface area contributed by atoms with Crippen molar-refractivity contribution in [3.05, 3.63) is 54.6 Å². The fourth-order valence-electron chi connectivity index (χ4n) is 3.18. The van der Waals surface area contributed by atoms with Gasteiger partial charge < -0.3 is 14.2 Å². The van der Waals surface area contributed by atoms with Crippen LogP contribution in [0.3, 0.4) is 0 Å². The van der Waals surface area contributed by atoms with E-state index >= 15 is 0 Å². The molecule has 1 unspecified atom stereocenters. The number of ether oxygens (including phenoxy) is 1. The van der Waals surface area contributed by atoms with Crippen LogP contribution in [0.2, 0.25) is 0 Å². The Morgan fingerprint density at radius 2 is 1.92 bits per heavy atom. The van der Waals surface area contributed by atoms with Crippen LogP contribution in [0.15, 0.2) is 59.1 Å². The Kier molecular flexibility index (Phi) is 4.48. The lowest BCUT2D eigenvalue weighted by molar-refractivity contribution is 0.198. The van der Waals surface area contributed by atoms with E-state index in [1.807, 2.05) is 54.6 Å². The number of likely N-dealkylation sites (tertiary alicyclic amines) is 1. The molecule has 1 saturated heterocycles. The fourth-order valence-corrected chi connectivity index (χ4v) is 3.18. The molecule has 0 amide bonds. The molecule has 0 aliphatic carbocycles. The summed E-state index contributed by atoms with van der Waals surface area (Å²) in [4.78, 5) is 6.89. The first-order valence-corrected chi connectivity index (χ1v) is 8.63. The molecule has 1 fully saturated rings. The van der Waals surface area contributed by atoms with E-state index in [-0.39, 0.29) is 0 Å². The van der Waals surface area contributed by atoms with Gasteiger partial charge in [-0.3, -0.25) is 0 Å². The largest absolute Gasteiger partial charge is 0.491 e. The van der Waals surface area contributed by atoms with Crippen LogP contribution in [-0.2, 0) is 0 Å². The predicted molar refractivity (Wildman–Crippen MR) is 96.3 cm³/mol. The maximum absolute atomic E-state index is 6.09. The average Bonchev–Trinajstić information content (AvgIpc) is 3.30. The van der Waals surface area contributed by atoms with E-state index in [0.717, 1.165) is 23.4 Å². The van der Waals surface area contributed by atoms with Gasteiger partial charge in [0.15, 0.2) is 0 Å². The molecule has 4 rings (SSSR count). The number of hydrogen-bond acceptors (Lipinski definition) is 5. The summed E-state index contributed by atoms with van der Waals surface area (Å²) in [6, 6.07) is 18.1. The molecule has 1 aliphatic heterocycles. The van der Waals surface area contributed by atoms with Crippen LogP contribution in [0.25, 0.3) is 22.8 Å². The van der Waals surface area contributed by atoms with Crippen molar-refractivity contribution in [3.63, 3.8) is 0 Å². The Balaban J connectivity index is 1.56. The van der Waals surface area contributed by atoms with Crippen molar-refractivity contribution in [2.75, 3.05) is 20.2 Å². The highest BCUT2D eigenvalue weighted by Crippen LogP contribution is 2.30. The van der Waals surface area contributed by atoms with E-state index in [4.69, 9.17) is 9.26 Å². The van der Waals surface area contributed by atoms with Gasteiger partial charge in [-0.2, -0.15) is 4.98 Å². The molecule has 2 aromatic carbocycles. The predicted octanol–water partition coefficient (Wildman–Crippen LogP) is 3.88. The van der Waals surface area contributed by atoms with Crippen molar-refractivity contribution >= 4 is 0 Å². The van der Waals surface area contributed by atoms with E-state index in [1.165, 1.54) is 12.8 Å². The molecule has 0 N–H and O–H groups in total. The molecule has 0 radical (unpaired) electrons. The van der Waals surface area contributed by atoms with Gasteiger partial charge in [0, 0.05) is 11.6 Å². The number of rotatable bonds is 5. The smallest absolute Gasteiger partial charge is 0.262 e. The minimum atomic E-state index is 0.468. The minimum Gasteiger partial charge on any atom is -0.491 e. The van der Waals surface area contributed by atoms with Gasteiger partial charge in [-0.25, -0.2) is 0 Å². The Morgan fingerprint density at radius 3 is 2.72 bits per heavy atom. The van der Waals surface area contributed by atoms with Gasteiger partial charge in [0.2, 0.25) is 5.82 Å². The van der Waals surface area contributed by atoms with Crippen molar-refractivity contribution in [1.82, 2.24) is 15.0 Å². The molecule has 25 heavy (non-hydrogen) atoms. The SMILES string of the molecule is CN1CCCC1COc1ccccc1-c1nc(-c2ccccc2)no1. The first kappa shape index (κ1) is 15.8. The molecule has 0 bridgehead atoms. The molecule has 3 aromatic rings. The van der Waals surface area contributed by atoms with Crippen molar-refractivity contribution < 1.29 is 9.26 Å². The minimum absolute atomic E-state index is 0.468.